The smallest absolute Gasteiger partial charge is 0.245 e. The summed E-state index contributed by atoms with van der Waals surface area (Å²) in [6.45, 7) is 2.14. The van der Waals surface area contributed by atoms with E-state index in [0.717, 1.165) is 6.20 Å². The third-order valence-corrected chi connectivity index (χ3v) is 5.06. The number of morpholine rings is 1. The predicted octanol–water partition coefficient (Wildman–Crippen LogP) is 4.28. The zero-order valence-corrected chi connectivity index (χ0v) is 17.8. The van der Waals surface area contributed by atoms with Gasteiger partial charge in [-0.15, -0.1) is 0 Å². The number of aromatic hydroxyl groups is 1. The minimum absolute atomic E-state index is 0.0776. The Hall–Kier alpha value is -2.69. The third-order valence-electron chi connectivity index (χ3n) is 4.31. The van der Waals surface area contributed by atoms with E-state index in [2.05, 4.69) is 36.4 Å². The van der Waals surface area contributed by atoms with Crippen LogP contribution < -0.4 is 10.3 Å². The van der Waals surface area contributed by atoms with E-state index in [1.165, 1.54) is 6.21 Å². The van der Waals surface area contributed by atoms with Crippen LogP contribution in [0.3, 0.4) is 0 Å². The number of furan rings is 1. The minimum Gasteiger partial charge on any atom is -0.506 e. The fraction of sp³-hybridized carbons (Fsp3) is 0.211. The Morgan fingerprint density at radius 3 is 2.90 bits per heavy atom. The van der Waals surface area contributed by atoms with E-state index in [4.69, 9.17) is 20.8 Å². The van der Waals surface area contributed by atoms with Crippen LogP contribution in [0.2, 0.25) is 5.02 Å². The zero-order chi connectivity index (χ0) is 21.1. The van der Waals surface area contributed by atoms with Crippen LogP contribution in [0, 0.1) is 5.82 Å². The molecule has 0 radical (unpaired) electrons. The molecule has 1 aliphatic heterocycles. The van der Waals surface area contributed by atoms with Crippen molar-refractivity contribution >= 4 is 45.5 Å². The molecular weight excluding hydrogens is 481 g/mol. The van der Waals surface area contributed by atoms with Crippen molar-refractivity contribution in [2.45, 2.75) is 0 Å². The maximum Gasteiger partial charge on any atom is 0.245 e. The molecule has 1 aliphatic rings. The molecule has 0 aliphatic carbocycles. The standard InChI is InChI=1S/C19H16BrClFN5O3/c20-11-7-13(17(28)14(21)8-11)16-2-1-12(30-16)9-24-26-19-23-10-15(22)18(25-19)27-3-5-29-6-4-27/h1-2,7-10,28H,3-6H2,(H,23,25,26)/b24-9+. The molecular formula is C19H16BrClFN5O3. The second-order valence-electron chi connectivity index (χ2n) is 6.32. The highest BCUT2D eigenvalue weighted by molar-refractivity contribution is 9.10. The number of halogens is 3. The summed E-state index contributed by atoms with van der Waals surface area (Å²) in [4.78, 5) is 9.88. The van der Waals surface area contributed by atoms with Crippen LogP contribution in [-0.2, 0) is 4.74 Å². The summed E-state index contributed by atoms with van der Waals surface area (Å²) in [5, 5.41) is 14.4. The van der Waals surface area contributed by atoms with Crippen LogP contribution in [0.4, 0.5) is 16.2 Å². The molecule has 2 aromatic heterocycles. The number of nitrogens with one attached hydrogen (secondary N) is 1. The number of ether oxygens (including phenoxy) is 1. The van der Waals surface area contributed by atoms with Crippen LogP contribution in [0.5, 0.6) is 5.75 Å². The van der Waals surface area contributed by atoms with E-state index in [1.54, 1.807) is 29.2 Å². The highest BCUT2D eigenvalue weighted by atomic mass is 79.9. The van der Waals surface area contributed by atoms with Crippen LogP contribution in [-0.4, -0.2) is 47.6 Å². The molecule has 3 aromatic rings. The van der Waals surface area contributed by atoms with Crippen molar-refractivity contribution in [1.82, 2.24) is 9.97 Å². The molecule has 3 heterocycles. The number of phenols is 1. The monoisotopic (exact) mass is 495 g/mol. The van der Waals surface area contributed by atoms with Crippen molar-refractivity contribution in [2.24, 2.45) is 5.10 Å². The first kappa shape index (κ1) is 20.6. The minimum atomic E-state index is -0.505. The molecule has 0 unspecified atom stereocenters. The van der Waals surface area contributed by atoms with E-state index in [1.807, 2.05) is 0 Å². The second kappa shape index (κ2) is 8.99. The van der Waals surface area contributed by atoms with Gasteiger partial charge in [-0.3, -0.25) is 0 Å². The van der Waals surface area contributed by atoms with Gasteiger partial charge in [-0.05, 0) is 24.3 Å². The molecule has 0 atom stereocenters. The first-order valence-electron chi connectivity index (χ1n) is 8.94. The molecule has 4 rings (SSSR count). The van der Waals surface area contributed by atoms with Gasteiger partial charge >= 0.3 is 0 Å². The number of hydrogen-bond donors (Lipinski definition) is 2. The molecule has 1 saturated heterocycles. The lowest BCUT2D eigenvalue weighted by atomic mass is 10.1. The molecule has 30 heavy (non-hydrogen) atoms. The van der Waals surface area contributed by atoms with Gasteiger partial charge < -0.3 is 19.2 Å². The Morgan fingerprint density at radius 1 is 1.30 bits per heavy atom. The quantitative estimate of drug-likeness (QED) is 0.402. The Kier molecular flexibility index (Phi) is 6.16. The van der Waals surface area contributed by atoms with Crippen LogP contribution in [0.1, 0.15) is 5.76 Å². The fourth-order valence-corrected chi connectivity index (χ4v) is 3.69. The van der Waals surface area contributed by atoms with Crippen LogP contribution >= 0.6 is 27.5 Å². The van der Waals surface area contributed by atoms with Gasteiger partial charge in [0.2, 0.25) is 5.95 Å². The summed E-state index contributed by atoms with van der Waals surface area (Å²) < 4.78 is 25.7. The Morgan fingerprint density at radius 2 is 2.10 bits per heavy atom. The van der Waals surface area contributed by atoms with Gasteiger partial charge in [0.25, 0.3) is 0 Å². The predicted molar refractivity (Wildman–Crippen MR) is 115 cm³/mol. The maximum absolute atomic E-state index is 14.1. The van der Waals surface area contributed by atoms with Gasteiger partial charge in [-0.2, -0.15) is 10.1 Å². The number of benzene rings is 1. The van der Waals surface area contributed by atoms with Gasteiger partial charge in [-0.1, -0.05) is 27.5 Å². The van der Waals surface area contributed by atoms with Gasteiger partial charge in [0.15, 0.2) is 11.6 Å². The van der Waals surface area contributed by atoms with Crippen LogP contribution in [0.25, 0.3) is 11.3 Å². The number of phenolic OH excluding ortho intramolecular Hbond substituents is 1. The first-order chi connectivity index (χ1) is 14.5. The van der Waals surface area contributed by atoms with Crippen molar-refractivity contribution in [3.05, 3.63) is 51.5 Å². The highest BCUT2D eigenvalue weighted by Gasteiger charge is 2.18. The number of hydrazone groups is 1. The lowest BCUT2D eigenvalue weighted by Crippen LogP contribution is -2.37. The van der Waals surface area contributed by atoms with Crippen molar-refractivity contribution < 1.29 is 18.7 Å². The highest BCUT2D eigenvalue weighted by Crippen LogP contribution is 2.38. The summed E-state index contributed by atoms with van der Waals surface area (Å²) in [6.07, 6.45) is 2.52. The molecule has 2 N–H and O–H groups in total. The Bertz CT molecular complexity index is 1090. The zero-order valence-electron chi connectivity index (χ0n) is 15.5. The van der Waals surface area contributed by atoms with Crippen molar-refractivity contribution in [2.75, 3.05) is 36.6 Å². The SMILES string of the molecule is Oc1c(Cl)cc(Br)cc1-c1ccc(/C=N/Nc2ncc(F)c(N3CCOCC3)n2)o1. The topological polar surface area (TPSA) is 96.0 Å². The first-order valence-corrected chi connectivity index (χ1v) is 10.1. The summed E-state index contributed by atoms with van der Waals surface area (Å²) >= 11 is 9.33. The van der Waals surface area contributed by atoms with Crippen molar-refractivity contribution in [3.63, 3.8) is 0 Å². The van der Waals surface area contributed by atoms with E-state index < -0.39 is 5.82 Å². The molecule has 0 saturated carbocycles. The van der Waals surface area contributed by atoms with E-state index in [-0.39, 0.29) is 22.5 Å². The molecule has 11 heteroatoms. The number of aromatic nitrogens is 2. The van der Waals surface area contributed by atoms with E-state index >= 15 is 0 Å². The molecule has 0 bridgehead atoms. The molecule has 0 spiro atoms. The summed E-state index contributed by atoms with van der Waals surface area (Å²) in [7, 11) is 0. The number of hydrogen-bond acceptors (Lipinski definition) is 8. The largest absolute Gasteiger partial charge is 0.506 e. The van der Waals surface area contributed by atoms with E-state index in [9.17, 15) is 9.50 Å². The molecule has 8 nitrogen and oxygen atoms in total. The second-order valence-corrected chi connectivity index (χ2v) is 7.64. The van der Waals surface area contributed by atoms with Crippen molar-refractivity contribution in [3.8, 4) is 17.1 Å². The van der Waals surface area contributed by atoms with Gasteiger partial charge in [0.1, 0.15) is 17.3 Å². The normalized spacial score (nSPS) is 14.4. The maximum atomic E-state index is 14.1. The molecule has 0 amide bonds. The molecule has 156 valence electrons. The molecule has 1 fully saturated rings. The lowest BCUT2D eigenvalue weighted by Gasteiger charge is -2.27. The Balaban J connectivity index is 1.47. The summed E-state index contributed by atoms with van der Waals surface area (Å²) in [6, 6.07) is 6.64. The van der Waals surface area contributed by atoms with Gasteiger partial charge in [0, 0.05) is 17.6 Å². The number of rotatable bonds is 5. The fourth-order valence-electron chi connectivity index (χ4n) is 2.88. The Labute approximate surface area is 184 Å². The van der Waals surface area contributed by atoms with E-state index in [0.29, 0.717) is 47.9 Å². The lowest BCUT2D eigenvalue weighted by molar-refractivity contribution is 0.122. The molecule has 1 aromatic carbocycles. The van der Waals surface area contributed by atoms with Crippen LogP contribution in [0.15, 0.2) is 44.5 Å². The summed E-state index contributed by atoms with van der Waals surface area (Å²) in [5.74, 6) is 0.611. The number of nitrogens with zero attached hydrogens (tertiary/aromatic N) is 4. The van der Waals surface area contributed by atoms with Crippen molar-refractivity contribution in [1.29, 1.82) is 0 Å². The number of anilines is 2. The van der Waals surface area contributed by atoms with Gasteiger partial charge in [0.05, 0.1) is 36.2 Å². The average Bonchev–Trinajstić information content (AvgIpc) is 3.21. The average molecular weight is 497 g/mol. The third kappa shape index (κ3) is 4.55. The van der Waals surface area contributed by atoms with Gasteiger partial charge in [-0.25, -0.2) is 14.8 Å². The summed E-state index contributed by atoms with van der Waals surface area (Å²) in [5.41, 5.74) is 3.11.